The monoisotopic (exact) mass is 1070 g/mol. The number of halogens is 1. The molecule has 8 saturated carbocycles. The maximum absolute atomic E-state index is 12.9. The maximum atomic E-state index is 12.9. The Morgan fingerprint density at radius 2 is 1.03 bits per heavy atom. The highest BCUT2D eigenvalue weighted by Crippen LogP contribution is 2.62. The van der Waals surface area contributed by atoms with Crippen LogP contribution in [0.15, 0.2) is 113 Å². The Morgan fingerprint density at radius 3 is 1.34 bits per heavy atom. The fraction of sp³-hybridized carbons (Fsp3) is 0.500. The second-order valence-electron chi connectivity index (χ2n) is 21.3. The fourth-order valence-corrected chi connectivity index (χ4v) is 14.0. The highest BCUT2D eigenvalue weighted by Gasteiger charge is 2.54. The summed E-state index contributed by atoms with van der Waals surface area (Å²) in [5.74, 6) is 4.18. The molecule has 76 heavy (non-hydrogen) atoms. The molecule has 0 spiro atoms. The molecule has 8 bridgehead atoms. The summed E-state index contributed by atoms with van der Waals surface area (Å²) in [6.07, 6.45) is 19.1. The van der Waals surface area contributed by atoms with Crippen molar-refractivity contribution in [2.24, 2.45) is 74.2 Å². The van der Waals surface area contributed by atoms with Gasteiger partial charge in [0.25, 0.3) is 0 Å². The summed E-state index contributed by atoms with van der Waals surface area (Å²) >= 11 is 0. The van der Waals surface area contributed by atoms with Gasteiger partial charge in [0.1, 0.15) is 13.1 Å². The number of benzene rings is 2. The minimum Gasteiger partial charge on any atom is -0.480 e. The van der Waals surface area contributed by atoms with Crippen molar-refractivity contribution in [3.8, 4) is 22.5 Å². The molecular weight excluding hydrogens is 986 g/mol. The van der Waals surface area contributed by atoms with Crippen molar-refractivity contribution in [2.75, 3.05) is 39.5 Å². The van der Waals surface area contributed by atoms with Gasteiger partial charge in [-0.15, -0.1) is 12.4 Å². The van der Waals surface area contributed by atoms with Crippen LogP contribution in [0.2, 0.25) is 0 Å². The molecule has 0 atom stereocenters. The number of carbonyl (C=O) groups is 2. The van der Waals surface area contributed by atoms with E-state index in [-0.39, 0.29) is 86.5 Å². The van der Waals surface area contributed by atoms with Gasteiger partial charge in [-0.25, -0.2) is 4.68 Å². The van der Waals surface area contributed by atoms with Gasteiger partial charge in [0, 0.05) is 52.5 Å². The second-order valence-corrected chi connectivity index (χ2v) is 21.3. The highest BCUT2D eigenvalue weighted by molar-refractivity contribution is 5.96. The van der Waals surface area contributed by atoms with Gasteiger partial charge < -0.3 is 58.2 Å². The smallest absolute Gasteiger partial charge is 0.323 e. The summed E-state index contributed by atoms with van der Waals surface area (Å²) in [5, 5.41) is 47.5. The van der Waals surface area contributed by atoms with Crippen LogP contribution < -0.4 is 34.0 Å². The molecule has 19 nitrogen and oxygen atoms in total. The van der Waals surface area contributed by atoms with Crippen molar-refractivity contribution in [2.45, 2.75) is 101 Å². The van der Waals surface area contributed by atoms with Gasteiger partial charge in [-0.05, 0) is 154 Å². The third-order valence-corrected chi connectivity index (χ3v) is 15.8. The van der Waals surface area contributed by atoms with Crippen molar-refractivity contribution >= 4 is 42.2 Å². The van der Waals surface area contributed by atoms with Crippen LogP contribution in [0.5, 0.6) is 0 Å². The Bertz CT molecular complexity index is 2610. The number of aliphatic hydroxyl groups excluding tert-OH is 3. The second kappa shape index (κ2) is 27.5. The highest BCUT2D eigenvalue weighted by atomic mass is 35.5. The molecule has 3 aromatic heterocycles. The standard InChI is InChI=1S/C25H32N4O2.C22H25NO2.C4H6N4.C3H9N3O.C2H7NO.ClH/c26-24(27-8-9-30)28-23(31)16-29-21(20-4-2-1-3-5-20)6-7-22(29)25-13-17-10-18(14-25)12-19(11-17)15-25;24-21(25)14-23-19(18-4-2-1-3-5-18)6-7-20(23)22-11-15-8-16(12-22)10-17(9-15)13-22;5-4(6)8-3-1-2-7-8;4-3(5)6-1-2-7;3-1-2-4;/h1-7,17-19,30H,8-16H2,(H3,26,27,28,31);1-7,15-17H,8-14H2,(H,24,25);1-3H,(H3,5,6);7H,1-2H2,(H4,4,5,6);4H,1-3H2;1H. The predicted octanol–water partition coefficient (Wildman–Crippen LogP) is 4.99. The molecule has 3 heterocycles. The zero-order chi connectivity index (χ0) is 53.5. The zero-order valence-corrected chi connectivity index (χ0v) is 44.3. The number of amides is 1. The molecular formula is C56H80ClN13O6. The zero-order valence-electron chi connectivity index (χ0n) is 43.5. The van der Waals surface area contributed by atoms with Crippen LogP contribution in [0.3, 0.4) is 0 Å². The average molecular weight is 1070 g/mol. The molecule has 5 aromatic rings. The Hall–Kier alpha value is -6.51. The number of carbonyl (C=O) groups excluding carboxylic acids is 1. The molecule has 8 aliphatic carbocycles. The van der Waals surface area contributed by atoms with Gasteiger partial charge >= 0.3 is 5.97 Å². The van der Waals surface area contributed by atoms with E-state index >= 15 is 0 Å². The van der Waals surface area contributed by atoms with Crippen molar-refractivity contribution in [1.29, 1.82) is 5.41 Å². The first kappa shape index (κ1) is 58.7. The summed E-state index contributed by atoms with van der Waals surface area (Å²) in [6, 6.07) is 31.1. The van der Waals surface area contributed by atoms with E-state index in [1.807, 2.05) is 36.4 Å². The SMILES string of the molecule is Cl.N=C(N)n1cccn1.NC(=NCCO)NC(=O)Cn1c(-c2ccccc2)ccc1C12CC3CC(CC(C3)C1)C2.NC(N)=NCCO.NCCO.O=C(O)Cn1c(-c2ccccc2)ccc1C12CC3CC(CC(C3)C1)C2. The molecule has 8 aliphatic rings. The van der Waals surface area contributed by atoms with E-state index in [1.165, 1.54) is 93.1 Å². The third-order valence-electron chi connectivity index (χ3n) is 15.8. The van der Waals surface area contributed by atoms with Gasteiger partial charge in [-0.3, -0.25) is 30.3 Å². The number of aliphatic imine (C=N–C) groups is 2. The van der Waals surface area contributed by atoms with Gasteiger partial charge in [-0.1, -0.05) is 60.7 Å². The van der Waals surface area contributed by atoms with E-state index in [4.69, 9.17) is 49.4 Å². The predicted molar refractivity (Wildman–Crippen MR) is 299 cm³/mol. The third kappa shape index (κ3) is 14.9. The quantitative estimate of drug-likeness (QED) is 0.0549. The first-order valence-electron chi connectivity index (χ1n) is 26.4. The number of hydrogen-bond acceptors (Lipinski definition) is 10. The topological polar surface area (TPSA) is 333 Å². The number of nitrogens with one attached hydrogen (secondary N) is 2. The lowest BCUT2D eigenvalue weighted by atomic mass is 9.49. The number of aliphatic hydroxyl groups is 3. The molecule has 13 rings (SSSR count). The number of rotatable bonds is 13. The first-order valence-corrected chi connectivity index (χ1v) is 26.4. The van der Waals surface area contributed by atoms with E-state index < -0.39 is 5.97 Å². The minimum atomic E-state index is -0.751. The number of nitrogen functional groups attached to an aromatic ring is 1. The fourth-order valence-electron chi connectivity index (χ4n) is 14.0. The van der Waals surface area contributed by atoms with E-state index in [2.05, 4.69) is 78.1 Å². The normalized spacial score (nSPS) is 24.9. The molecule has 0 radical (unpaired) electrons. The van der Waals surface area contributed by atoms with Crippen LogP contribution >= 0.6 is 12.4 Å². The number of carboxylic acids is 1. The van der Waals surface area contributed by atoms with Crippen molar-refractivity contribution < 1.29 is 30.0 Å². The number of aliphatic carboxylic acids is 1. The molecule has 20 heteroatoms. The molecule has 0 unspecified atom stereocenters. The van der Waals surface area contributed by atoms with E-state index in [1.54, 1.807) is 18.5 Å². The van der Waals surface area contributed by atoms with Crippen molar-refractivity contribution in [3.63, 3.8) is 0 Å². The molecule has 0 saturated heterocycles. The van der Waals surface area contributed by atoms with Gasteiger partial charge in [0.15, 0.2) is 11.9 Å². The molecule has 16 N–H and O–H groups in total. The largest absolute Gasteiger partial charge is 0.480 e. The number of guanidine groups is 2. The van der Waals surface area contributed by atoms with Crippen molar-refractivity contribution in [1.82, 2.24) is 24.2 Å². The number of nitrogens with zero attached hydrogens (tertiary/aromatic N) is 6. The summed E-state index contributed by atoms with van der Waals surface area (Å²) in [7, 11) is 0. The number of carboxylic acid groups (broad SMARTS) is 1. The van der Waals surface area contributed by atoms with Gasteiger partial charge in [0.05, 0.1) is 32.9 Å². The molecule has 412 valence electrons. The van der Waals surface area contributed by atoms with Crippen LogP contribution in [0, 0.1) is 40.9 Å². The Kier molecular flexibility index (Phi) is 21.3. The Labute approximate surface area is 452 Å². The molecule has 0 aliphatic heterocycles. The minimum absolute atomic E-state index is 0. The van der Waals surface area contributed by atoms with E-state index in [0.717, 1.165) is 58.0 Å². The lowest BCUT2D eigenvalue weighted by Crippen LogP contribution is -2.49. The molecule has 8 fully saturated rings. The van der Waals surface area contributed by atoms with Gasteiger partial charge in [-0.2, -0.15) is 5.10 Å². The average Bonchev–Trinajstić information content (AvgIpc) is 4.18. The summed E-state index contributed by atoms with van der Waals surface area (Å²) in [6.45, 7) is 1.13. The summed E-state index contributed by atoms with van der Waals surface area (Å²) in [4.78, 5) is 31.9. The maximum Gasteiger partial charge on any atom is 0.323 e. The Balaban J connectivity index is 0.000000184. The number of aromatic nitrogens is 4. The number of hydrogen-bond donors (Lipinski definition) is 11. The lowest BCUT2D eigenvalue weighted by Gasteiger charge is -2.57. The van der Waals surface area contributed by atoms with Crippen LogP contribution in [0.1, 0.15) is 88.4 Å². The summed E-state index contributed by atoms with van der Waals surface area (Å²) < 4.78 is 5.60. The molecule has 2 aromatic carbocycles. The van der Waals surface area contributed by atoms with E-state index in [0.29, 0.717) is 13.1 Å². The molecule has 1 amide bonds. The van der Waals surface area contributed by atoms with Crippen molar-refractivity contribution in [3.05, 3.63) is 115 Å². The lowest BCUT2D eigenvalue weighted by molar-refractivity contribution is -0.137. The van der Waals surface area contributed by atoms with Gasteiger partial charge in [0.2, 0.25) is 11.9 Å². The van der Waals surface area contributed by atoms with E-state index in [9.17, 15) is 14.7 Å². The van der Waals surface area contributed by atoms with Crippen LogP contribution in [-0.4, -0.2) is 109 Å². The number of nitrogens with two attached hydrogens (primary N) is 5. The van der Waals surface area contributed by atoms with Crippen LogP contribution in [0.4, 0.5) is 0 Å². The summed E-state index contributed by atoms with van der Waals surface area (Å²) in [5.41, 5.74) is 32.8. The van der Waals surface area contributed by atoms with Crippen LogP contribution in [0.25, 0.3) is 22.5 Å². The van der Waals surface area contributed by atoms with Crippen LogP contribution in [-0.2, 0) is 33.5 Å². The first-order chi connectivity index (χ1) is 36.2. The Morgan fingerprint density at radius 1 is 0.618 bits per heavy atom.